The number of aliphatic carboxylic acids is 1. The topological polar surface area (TPSA) is 111 Å². The first-order valence-electron chi connectivity index (χ1n) is 37.8. The van der Waals surface area contributed by atoms with E-state index in [1.54, 1.807) is 0 Å². The van der Waals surface area contributed by atoms with E-state index >= 15 is 0 Å². The molecule has 0 radical (unpaired) electrons. The number of hydrogen-bond donors (Lipinski definition) is 0. The summed E-state index contributed by atoms with van der Waals surface area (Å²) in [4.78, 5) is 37.5. The van der Waals surface area contributed by atoms with Crippen molar-refractivity contribution in [3.8, 4) is 0 Å². The summed E-state index contributed by atoms with van der Waals surface area (Å²) in [6, 6.07) is 0. The number of quaternary nitrogens is 1. The van der Waals surface area contributed by atoms with Gasteiger partial charge in [0.2, 0.25) is 0 Å². The molecule has 2 unspecified atom stereocenters. The van der Waals surface area contributed by atoms with Gasteiger partial charge >= 0.3 is 11.9 Å². The molecular weight excluding hydrogens is 1080 g/mol. The second-order valence-electron chi connectivity index (χ2n) is 26.9. The Morgan fingerprint density at radius 2 is 0.655 bits per heavy atom. The zero-order valence-corrected chi connectivity index (χ0v) is 58.4. The molecule has 0 saturated carbocycles. The van der Waals surface area contributed by atoms with Crippen LogP contribution in [-0.2, 0) is 33.3 Å². The lowest BCUT2D eigenvalue weighted by Crippen LogP contribution is -2.44. The van der Waals surface area contributed by atoms with Crippen LogP contribution >= 0.6 is 0 Å². The van der Waals surface area contributed by atoms with Crippen molar-refractivity contribution in [2.24, 2.45) is 0 Å². The molecule has 9 nitrogen and oxygen atoms in total. The van der Waals surface area contributed by atoms with Gasteiger partial charge < -0.3 is 33.3 Å². The van der Waals surface area contributed by atoms with E-state index in [2.05, 4.69) is 62.5 Å². The van der Waals surface area contributed by atoms with E-state index in [1.165, 1.54) is 270 Å². The lowest BCUT2D eigenvalue weighted by molar-refractivity contribution is -0.870. The normalized spacial score (nSPS) is 12.9. The second-order valence-corrected chi connectivity index (χ2v) is 26.9. The number of ether oxygens (including phenoxy) is 4. The number of carboxylic acids is 1. The fraction of sp³-hybridized carbons (Fsp3) is 0.859. The lowest BCUT2D eigenvalue weighted by atomic mass is 10.0. The highest BCUT2D eigenvalue weighted by Crippen LogP contribution is 2.19. The van der Waals surface area contributed by atoms with Crippen LogP contribution in [0.5, 0.6) is 0 Å². The van der Waals surface area contributed by atoms with Crippen molar-refractivity contribution in [1.82, 2.24) is 0 Å². The molecule has 0 aliphatic rings. The summed E-state index contributed by atoms with van der Waals surface area (Å²) in [7, 11) is 5.93. The molecule has 2 atom stereocenters. The Morgan fingerprint density at radius 3 is 0.977 bits per heavy atom. The largest absolute Gasteiger partial charge is 0.545 e. The fourth-order valence-corrected chi connectivity index (χ4v) is 11.4. The number of nitrogens with zero attached hydrogens (tertiary/aromatic N) is 1. The van der Waals surface area contributed by atoms with Gasteiger partial charge in [0, 0.05) is 12.8 Å². The van der Waals surface area contributed by atoms with E-state index in [4.69, 9.17) is 18.9 Å². The molecule has 0 heterocycles. The monoisotopic (exact) mass is 1220 g/mol. The summed E-state index contributed by atoms with van der Waals surface area (Å²) in [6.07, 6.45) is 86.7. The van der Waals surface area contributed by atoms with Crippen LogP contribution in [0.15, 0.2) is 48.6 Å². The van der Waals surface area contributed by atoms with Crippen molar-refractivity contribution in [2.45, 2.75) is 386 Å². The van der Waals surface area contributed by atoms with Crippen molar-refractivity contribution < 1.29 is 42.9 Å². The molecule has 0 saturated heterocycles. The average molecular weight is 1230 g/mol. The number of esters is 2. The van der Waals surface area contributed by atoms with E-state index in [9.17, 15) is 19.5 Å². The van der Waals surface area contributed by atoms with E-state index in [0.29, 0.717) is 23.9 Å². The number of likely N-dealkylation sites (N-methyl/N-ethyl adjacent to an activating group) is 1. The molecular formula is C78H145NO8. The molecule has 0 N–H and O–H groups in total. The Balaban J connectivity index is 3.91. The van der Waals surface area contributed by atoms with Crippen LogP contribution in [0.1, 0.15) is 373 Å². The van der Waals surface area contributed by atoms with E-state index in [1.807, 2.05) is 21.1 Å². The predicted molar refractivity (Wildman–Crippen MR) is 371 cm³/mol. The predicted octanol–water partition coefficient (Wildman–Crippen LogP) is 22.4. The molecule has 0 aliphatic heterocycles. The van der Waals surface area contributed by atoms with Gasteiger partial charge in [-0.3, -0.25) is 9.59 Å². The van der Waals surface area contributed by atoms with Crippen molar-refractivity contribution in [2.75, 3.05) is 47.5 Å². The van der Waals surface area contributed by atoms with E-state index in [0.717, 1.165) is 70.6 Å². The summed E-state index contributed by atoms with van der Waals surface area (Å²) < 4.78 is 22.8. The first-order chi connectivity index (χ1) is 42.6. The molecule has 0 amide bonds. The molecule has 87 heavy (non-hydrogen) atoms. The fourth-order valence-electron chi connectivity index (χ4n) is 11.4. The Morgan fingerprint density at radius 1 is 0.356 bits per heavy atom. The maximum atomic E-state index is 12.9. The van der Waals surface area contributed by atoms with Crippen molar-refractivity contribution in [1.29, 1.82) is 0 Å². The van der Waals surface area contributed by atoms with Gasteiger partial charge in [-0.1, -0.05) is 358 Å². The minimum absolute atomic E-state index is 0.146. The molecule has 0 aromatic rings. The summed E-state index contributed by atoms with van der Waals surface area (Å²) in [5.41, 5.74) is 0. The van der Waals surface area contributed by atoms with Gasteiger partial charge in [-0.25, -0.2) is 0 Å². The van der Waals surface area contributed by atoms with Gasteiger partial charge in [-0.2, -0.15) is 0 Å². The first-order valence-corrected chi connectivity index (χ1v) is 37.8. The number of unbranched alkanes of at least 4 members (excludes halogenated alkanes) is 48. The van der Waals surface area contributed by atoms with Gasteiger partial charge in [-0.05, 0) is 51.4 Å². The second kappa shape index (κ2) is 69.1. The SMILES string of the molecule is CC/C=C\C/C=C\C/C=C\C/C=C\CCCCCCCCCCC(=O)OC(COC(=O)CCCCCCCCCCCCCCCCCCCCCCCCCCCCCCCCCCCCCCCCCCC)COC(OCC[N+](C)(C)C)C(=O)[O-]. The van der Waals surface area contributed by atoms with E-state index in [-0.39, 0.29) is 32.2 Å². The standard InChI is InChI=1S/C78H145NO8/c1-6-8-10-12-14-16-18-20-22-24-26-28-29-30-31-32-33-34-35-36-37-38-39-40-41-42-43-44-45-46-47-49-50-52-54-56-58-60-62-64-66-68-75(80)85-72-74(73-86-78(77(82)83)84-71-70-79(3,4)5)87-76(81)69-67-65-63-61-59-57-55-53-51-48-27-25-23-21-19-17-15-13-11-9-7-2/h9,11,15,17,21,23,27,48,74,78H,6-8,10,12-14,16,18-20,22,24-26,28-47,49-73H2,1-5H3/b11-9-,17-15-,23-21-,48-27-. The Labute approximate surface area is 540 Å². The van der Waals surface area contributed by atoms with Crippen molar-refractivity contribution in [3.63, 3.8) is 0 Å². The summed E-state index contributed by atoms with van der Waals surface area (Å²) in [5, 5.41) is 11.8. The van der Waals surface area contributed by atoms with Crippen molar-refractivity contribution >= 4 is 17.9 Å². The van der Waals surface area contributed by atoms with Crippen LogP contribution in [0, 0.1) is 0 Å². The maximum Gasteiger partial charge on any atom is 0.306 e. The van der Waals surface area contributed by atoms with Gasteiger partial charge in [0.05, 0.1) is 40.3 Å². The third-order valence-corrected chi connectivity index (χ3v) is 17.1. The van der Waals surface area contributed by atoms with Crippen LogP contribution in [0.4, 0.5) is 0 Å². The number of rotatable bonds is 71. The smallest absolute Gasteiger partial charge is 0.306 e. The van der Waals surface area contributed by atoms with Crippen LogP contribution in [0.3, 0.4) is 0 Å². The number of carbonyl (C=O) groups excluding carboxylic acids is 3. The van der Waals surface area contributed by atoms with E-state index < -0.39 is 24.3 Å². The summed E-state index contributed by atoms with van der Waals surface area (Å²) in [6.45, 7) is 4.68. The first kappa shape index (κ1) is 84.2. The van der Waals surface area contributed by atoms with Gasteiger partial charge in [0.25, 0.3) is 0 Å². The van der Waals surface area contributed by atoms with Gasteiger partial charge in [-0.15, -0.1) is 0 Å². The number of carbonyl (C=O) groups is 3. The zero-order chi connectivity index (χ0) is 63.3. The van der Waals surface area contributed by atoms with Crippen LogP contribution in [0.2, 0.25) is 0 Å². The minimum atomic E-state index is -1.62. The van der Waals surface area contributed by atoms with Crippen LogP contribution in [0.25, 0.3) is 0 Å². The van der Waals surface area contributed by atoms with Gasteiger partial charge in [0.1, 0.15) is 13.2 Å². The van der Waals surface area contributed by atoms with Crippen LogP contribution < -0.4 is 5.11 Å². The van der Waals surface area contributed by atoms with Gasteiger partial charge in [0.15, 0.2) is 12.4 Å². The van der Waals surface area contributed by atoms with Crippen LogP contribution in [-0.4, -0.2) is 82.3 Å². The lowest BCUT2D eigenvalue weighted by Gasteiger charge is -2.26. The quantitative estimate of drug-likeness (QED) is 0.0195. The summed E-state index contributed by atoms with van der Waals surface area (Å²) in [5.74, 6) is -2.27. The Hall–Kier alpha value is -2.75. The number of carboxylic acid groups (broad SMARTS) is 1. The molecule has 510 valence electrons. The minimum Gasteiger partial charge on any atom is -0.545 e. The molecule has 9 heteroatoms. The van der Waals surface area contributed by atoms with Crippen molar-refractivity contribution in [3.05, 3.63) is 48.6 Å². The number of hydrogen-bond acceptors (Lipinski definition) is 8. The third-order valence-electron chi connectivity index (χ3n) is 17.1. The molecule has 0 spiro atoms. The highest BCUT2D eigenvalue weighted by Gasteiger charge is 2.22. The molecule has 0 rings (SSSR count). The highest BCUT2D eigenvalue weighted by atomic mass is 16.7. The third kappa shape index (κ3) is 70.6. The Bertz CT molecular complexity index is 1570. The molecule has 0 bridgehead atoms. The molecule has 0 aromatic heterocycles. The highest BCUT2D eigenvalue weighted by molar-refractivity contribution is 5.70. The molecule has 0 aliphatic carbocycles. The molecule has 0 aromatic carbocycles. The molecule has 0 fully saturated rings. The maximum absolute atomic E-state index is 12.9. The Kier molecular flexibility index (Phi) is 67.0. The summed E-state index contributed by atoms with van der Waals surface area (Å²) >= 11 is 0. The zero-order valence-electron chi connectivity index (χ0n) is 58.4. The number of allylic oxidation sites excluding steroid dienone is 8. The average Bonchev–Trinajstić information content (AvgIpc) is 3.57.